The van der Waals surface area contributed by atoms with Crippen molar-refractivity contribution < 1.29 is 4.79 Å². The molecule has 0 aromatic carbocycles. The molecule has 0 spiro atoms. The van der Waals surface area contributed by atoms with Gasteiger partial charge in [0.1, 0.15) is 0 Å². The van der Waals surface area contributed by atoms with Crippen molar-refractivity contribution in [1.29, 1.82) is 0 Å². The van der Waals surface area contributed by atoms with E-state index in [0.29, 0.717) is 0 Å². The fourth-order valence-electron chi connectivity index (χ4n) is 2.12. The number of fused-ring (bicyclic) bond motifs is 1. The van der Waals surface area contributed by atoms with Gasteiger partial charge in [-0.1, -0.05) is 0 Å². The molecule has 1 aliphatic heterocycles. The number of carbonyl (C=O) groups is 1. The third kappa shape index (κ3) is 2.34. The van der Waals surface area contributed by atoms with Crippen LogP contribution in [0.3, 0.4) is 0 Å². The molecule has 0 fully saturated rings. The standard InChI is InChI=1S/C10H14N3O.Rb/c1-3-10-11-8(7-14)9-6-12(2)4-5-13(9)10;/h3-6H2,1-2H3;. The van der Waals surface area contributed by atoms with Gasteiger partial charge in [-0.3, -0.25) is 0 Å². The Hall–Kier alpha value is 0.645. The second-order valence-electron chi connectivity index (χ2n) is 4.12. The van der Waals surface area contributed by atoms with Crippen molar-refractivity contribution in [3.8, 4) is 0 Å². The zero-order valence-electron chi connectivity index (χ0n) is 9.58. The molecule has 0 saturated carbocycles. The Morgan fingerprint density at radius 1 is 1.53 bits per heavy atom. The molecule has 1 aromatic heterocycles. The second-order valence-corrected chi connectivity index (χ2v) is 6.36. The fourth-order valence-corrected chi connectivity index (χ4v) is 3.10. The predicted molar refractivity (Wildman–Crippen MR) is 58.0 cm³/mol. The Morgan fingerprint density at radius 3 is 2.87 bits per heavy atom. The van der Waals surface area contributed by atoms with Crippen LogP contribution in [0.1, 0.15) is 28.9 Å². The van der Waals surface area contributed by atoms with E-state index >= 15 is 0 Å². The van der Waals surface area contributed by atoms with Crippen molar-refractivity contribution in [3.05, 3.63) is 17.2 Å². The number of nitrogens with zero attached hydrogens (tertiary/aromatic N) is 3. The molecule has 5 heteroatoms. The summed E-state index contributed by atoms with van der Waals surface area (Å²) in [5, 5.41) is 0. The maximum atomic E-state index is 11.6. The van der Waals surface area contributed by atoms with Gasteiger partial charge in [-0.05, 0) is 0 Å². The van der Waals surface area contributed by atoms with E-state index in [9.17, 15) is 4.79 Å². The van der Waals surface area contributed by atoms with E-state index in [1.807, 2.05) is 0 Å². The van der Waals surface area contributed by atoms with E-state index in [2.05, 4.69) is 28.4 Å². The molecule has 0 unspecified atom stereocenters. The van der Waals surface area contributed by atoms with Crippen molar-refractivity contribution in [2.75, 3.05) is 13.6 Å². The van der Waals surface area contributed by atoms with E-state index in [1.54, 1.807) is 0 Å². The monoisotopic (exact) mass is 277 g/mol. The van der Waals surface area contributed by atoms with Crippen LogP contribution in [0.5, 0.6) is 0 Å². The first kappa shape index (κ1) is 12.1. The van der Waals surface area contributed by atoms with Crippen LogP contribution < -0.4 is 0 Å². The van der Waals surface area contributed by atoms with Gasteiger partial charge in [0.15, 0.2) is 0 Å². The van der Waals surface area contributed by atoms with Gasteiger partial charge in [-0.15, -0.1) is 0 Å². The van der Waals surface area contributed by atoms with Crippen molar-refractivity contribution in [2.24, 2.45) is 0 Å². The molecule has 0 atom stereocenters. The number of likely N-dealkylation sites (N-methyl/N-ethyl adjacent to an activating group) is 1. The van der Waals surface area contributed by atoms with Crippen LogP contribution >= 0.6 is 0 Å². The first-order valence-corrected chi connectivity index (χ1v) is 7.87. The van der Waals surface area contributed by atoms with Gasteiger partial charge >= 0.3 is 131 Å². The molecule has 2 heterocycles. The molecule has 0 radical (unpaired) electrons. The number of aromatic nitrogens is 2. The molecular formula is C10H14N3ORb. The summed E-state index contributed by atoms with van der Waals surface area (Å²) in [6.07, 6.45) is 0.916. The molecule has 1 aliphatic rings. The summed E-state index contributed by atoms with van der Waals surface area (Å²) < 4.78 is 2.53. The molecule has 15 heavy (non-hydrogen) atoms. The Kier molecular flexibility index (Phi) is 3.94. The number of imidazole rings is 1. The number of carbonyl (C=O) groups excluding carboxylic acids is 1. The molecule has 0 N–H and O–H groups in total. The number of hydrogen-bond acceptors (Lipinski definition) is 3. The molecule has 0 saturated heterocycles. The van der Waals surface area contributed by atoms with E-state index in [0.717, 1.165) is 43.3 Å². The average Bonchev–Trinajstić information content (AvgIpc) is 2.55. The molecule has 0 bridgehead atoms. The van der Waals surface area contributed by atoms with E-state index in [1.165, 1.54) is 0 Å². The Labute approximate surface area is 129 Å². The summed E-state index contributed by atoms with van der Waals surface area (Å²) in [5.41, 5.74) is 1.90. The zero-order chi connectivity index (χ0) is 11.0. The molecule has 0 aliphatic carbocycles. The summed E-state index contributed by atoms with van der Waals surface area (Å²) in [6, 6.07) is 0. The molecule has 76 valence electrons. The molecule has 2 rings (SSSR count). The number of hydrogen-bond donors (Lipinski definition) is 0. The van der Waals surface area contributed by atoms with Gasteiger partial charge in [0.2, 0.25) is 0 Å². The molecule has 4 nitrogen and oxygen atoms in total. The quantitative estimate of drug-likeness (QED) is 0.775. The predicted octanol–water partition coefficient (Wildman–Crippen LogP) is 0.200. The Morgan fingerprint density at radius 2 is 2.27 bits per heavy atom. The van der Waals surface area contributed by atoms with Gasteiger partial charge in [-0.2, -0.15) is 0 Å². The van der Waals surface area contributed by atoms with E-state index in [-0.39, 0.29) is 54.4 Å². The van der Waals surface area contributed by atoms with Crippen molar-refractivity contribution in [3.63, 3.8) is 0 Å². The Bertz CT molecular complexity index is 400. The topological polar surface area (TPSA) is 38.1 Å². The first-order chi connectivity index (χ1) is 7.13. The maximum absolute atomic E-state index is 11.6. The van der Waals surface area contributed by atoms with Gasteiger partial charge in [0, 0.05) is 0 Å². The number of aryl methyl sites for hydroxylation is 1. The van der Waals surface area contributed by atoms with Crippen molar-refractivity contribution in [1.82, 2.24) is 14.5 Å². The minimum atomic E-state index is 0.0306. The van der Waals surface area contributed by atoms with Gasteiger partial charge in [0.05, 0.1) is 0 Å². The summed E-state index contributed by atoms with van der Waals surface area (Å²) in [7, 11) is 2.09. The van der Waals surface area contributed by atoms with Crippen LogP contribution in [0, 0.1) is 0 Å². The van der Waals surface area contributed by atoms with Crippen LogP contribution in [0.4, 0.5) is 0 Å². The van der Waals surface area contributed by atoms with E-state index < -0.39 is 0 Å². The number of rotatable bonds is 2. The van der Waals surface area contributed by atoms with Crippen LogP contribution in [0.15, 0.2) is 0 Å². The molecule has 0 amide bonds. The summed E-state index contributed by atoms with van der Waals surface area (Å²) >= 11 is 0.0306. The van der Waals surface area contributed by atoms with Crippen LogP contribution in [0.2, 0.25) is 0 Å². The first-order valence-electron chi connectivity index (χ1n) is 5.41. The molecule has 1 aromatic rings. The Balaban J connectivity index is 2.50. The van der Waals surface area contributed by atoms with Gasteiger partial charge < -0.3 is 0 Å². The van der Waals surface area contributed by atoms with Gasteiger partial charge in [0.25, 0.3) is 0 Å². The van der Waals surface area contributed by atoms with Crippen molar-refractivity contribution >= 4 is 54.4 Å². The second kappa shape index (κ2) is 4.88. The van der Waals surface area contributed by atoms with Crippen LogP contribution in [-0.4, -0.2) is 82.4 Å². The summed E-state index contributed by atoms with van der Waals surface area (Å²) in [6.45, 7) is 5.00. The van der Waals surface area contributed by atoms with Gasteiger partial charge in [-0.25, -0.2) is 0 Å². The van der Waals surface area contributed by atoms with Crippen LogP contribution in [-0.2, 0) is 19.5 Å². The van der Waals surface area contributed by atoms with Crippen LogP contribution in [0.25, 0.3) is 0 Å². The molecular weight excluding hydrogens is 264 g/mol. The van der Waals surface area contributed by atoms with Crippen molar-refractivity contribution in [2.45, 2.75) is 26.4 Å². The van der Waals surface area contributed by atoms with E-state index in [4.69, 9.17) is 0 Å². The normalized spacial score (nSPS) is 16.5. The average molecular weight is 278 g/mol. The fraction of sp³-hybridized carbons (Fsp3) is 0.600. The summed E-state index contributed by atoms with van der Waals surface area (Å²) in [4.78, 5) is 18.3. The third-order valence-electron chi connectivity index (χ3n) is 2.93. The summed E-state index contributed by atoms with van der Waals surface area (Å²) in [5.74, 6) is 1.08. The third-order valence-corrected chi connectivity index (χ3v) is 4.09. The SMILES string of the molecule is CCc1nc([C](=O)[Rb])c2n1CCN(C)C2. The zero-order valence-corrected chi connectivity index (χ0v) is 14.5. The minimum absolute atomic E-state index is 0.0306.